The Morgan fingerprint density at radius 3 is 2.52 bits per heavy atom. The second kappa shape index (κ2) is 4.90. The van der Waals surface area contributed by atoms with Gasteiger partial charge in [-0.1, -0.05) is 12.1 Å². The molecule has 2 aromatic rings. The average molecular weight is 285 g/mol. The zero-order valence-corrected chi connectivity index (χ0v) is 10.8. The average Bonchev–Trinajstić information content (AvgIpc) is 2.47. The maximum absolute atomic E-state index is 12.5. The smallest absolute Gasteiger partial charge is 0.181 e. The number of carbonyl (C=O) groups excluding carboxylic acids is 1. The van der Waals surface area contributed by atoms with Crippen molar-refractivity contribution in [2.45, 2.75) is 5.92 Å². The molecule has 106 valence electrons. The summed E-state index contributed by atoms with van der Waals surface area (Å²) in [7, 11) is 0. The van der Waals surface area contributed by atoms with Crippen LogP contribution in [0.1, 0.15) is 21.8 Å². The number of nitrogens with zero attached hydrogens (tertiary/aromatic N) is 1. The fourth-order valence-electron chi connectivity index (χ4n) is 2.39. The second-order valence-corrected chi connectivity index (χ2v) is 4.75. The Balaban J connectivity index is 2.00. The summed E-state index contributed by atoms with van der Waals surface area (Å²) in [5.74, 6) is -1.18. The molecule has 2 aromatic carbocycles. The molecule has 0 saturated heterocycles. The summed E-state index contributed by atoms with van der Waals surface area (Å²) in [6, 6.07) is 8.68. The van der Waals surface area contributed by atoms with E-state index in [-0.39, 0.29) is 40.9 Å². The van der Waals surface area contributed by atoms with Gasteiger partial charge in [-0.15, -0.1) is 4.91 Å². The van der Waals surface area contributed by atoms with E-state index in [1.54, 1.807) is 12.1 Å². The van der Waals surface area contributed by atoms with Crippen molar-refractivity contribution in [3.05, 3.63) is 52.4 Å². The highest BCUT2D eigenvalue weighted by Crippen LogP contribution is 2.40. The quantitative estimate of drug-likeness (QED) is 0.827. The fourth-order valence-corrected chi connectivity index (χ4v) is 2.39. The first kappa shape index (κ1) is 13.1. The van der Waals surface area contributed by atoms with Gasteiger partial charge in [-0.25, -0.2) is 0 Å². The van der Waals surface area contributed by atoms with Gasteiger partial charge in [0.25, 0.3) is 0 Å². The number of Topliss-reactive ketones (excluding diaryl/α,β-unsaturated/α-hetero) is 1. The van der Waals surface area contributed by atoms with Gasteiger partial charge >= 0.3 is 0 Å². The molecule has 1 heterocycles. The van der Waals surface area contributed by atoms with Crippen LogP contribution in [0.2, 0.25) is 0 Å². The Kier molecular flexibility index (Phi) is 3.06. The summed E-state index contributed by atoms with van der Waals surface area (Å²) in [6.07, 6.45) is 0. The molecule has 0 fully saturated rings. The summed E-state index contributed by atoms with van der Waals surface area (Å²) in [6.45, 7) is 0.0998. The van der Waals surface area contributed by atoms with Gasteiger partial charge in [0, 0.05) is 12.1 Å². The van der Waals surface area contributed by atoms with Gasteiger partial charge in [0.2, 0.25) is 0 Å². The monoisotopic (exact) mass is 285 g/mol. The second-order valence-electron chi connectivity index (χ2n) is 4.75. The van der Waals surface area contributed by atoms with Crippen LogP contribution >= 0.6 is 0 Å². The van der Waals surface area contributed by atoms with E-state index in [1.165, 1.54) is 18.2 Å². The van der Waals surface area contributed by atoms with Crippen LogP contribution in [0.5, 0.6) is 17.2 Å². The number of phenols is 2. The molecule has 3 rings (SSSR count). The van der Waals surface area contributed by atoms with E-state index >= 15 is 0 Å². The first-order chi connectivity index (χ1) is 10.1. The standard InChI is InChI=1S/C15H11NO5/c17-10-5-12(18)14-13(6-10)21-7-11(15(14)19)8-1-3-9(16-20)4-2-8/h1-6,11,17-18H,7H2. The summed E-state index contributed by atoms with van der Waals surface area (Å²) >= 11 is 0. The minimum Gasteiger partial charge on any atom is -0.508 e. The largest absolute Gasteiger partial charge is 0.508 e. The van der Waals surface area contributed by atoms with Crippen LogP contribution in [0.3, 0.4) is 0 Å². The predicted molar refractivity (Wildman–Crippen MR) is 74.2 cm³/mol. The Hall–Kier alpha value is -2.89. The van der Waals surface area contributed by atoms with Crippen molar-refractivity contribution in [1.29, 1.82) is 0 Å². The van der Waals surface area contributed by atoms with Crippen LogP contribution in [-0.2, 0) is 0 Å². The Morgan fingerprint density at radius 2 is 1.86 bits per heavy atom. The summed E-state index contributed by atoms with van der Waals surface area (Å²) in [5.41, 5.74) is 1.00. The number of benzene rings is 2. The molecule has 2 N–H and O–H groups in total. The van der Waals surface area contributed by atoms with Crippen molar-refractivity contribution >= 4 is 11.5 Å². The zero-order valence-electron chi connectivity index (χ0n) is 10.8. The van der Waals surface area contributed by atoms with Gasteiger partial charge in [0.05, 0.1) is 5.92 Å². The molecule has 0 saturated carbocycles. The van der Waals surface area contributed by atoms with E-state index in [0.717, 1.165) is 6.07 Å². The van der Waals surface area contributed by atoms with Crippen molar-refractivity contribution < 1.29 is 19.7 Å². The SMILES string of the molecule is O=Nc1ccc(C2COc3cc(O)cc(O)c3C2=O)cc1. The zero-order chi connectivity index (χ0) is 15.0. The molecule has 21 heavy (non-hydrogen) atoms. The normalized spacial score (nSPS) is 17.0. The van der Waals surface area contributed by atoms with E-state index in [4.69, 9.17) is 4.74 Å². The van der Waals surface area contributed by atoms with Gasteiger partial charge in [-0.3, -0.25) is 4.79 Å². The lowest BCUT2D eigenvalue weighted by molar-refractivity contribution is 0.0892. The van der Waals surface area contributed by atoms with E-state index in [9.17, 15) is 19.9 Å². The highest BCUT2D eigenvalue weighted by molar-refractivity contribution is 6.06. The van der Waals surface area contributed by atoms with Gasteiger partial charge < -0.3 is 14.9 Å². The van der Waals surface area contributed by atoms with Gasteiger partial charge in [0.15, 0.2) is 5.78 Å². The third-order valence-corrected chi connectivity index (χ3v) is 3.44. The molecule has 1 atom stereocenters. The van der Waals surface area contributed by atoms with Crippen molar-refractivity contribution in [1.82, 2.24) is 0 Å². The van der Waals surface area contributed by atoms with Gasteiger partial charge in [-0.2, -0.15) is 0 Å². The maximum Gasteiger partial charge on any atom is 0.181 e. The van der Waals surface area contributed by atoms with Gasteiger partial charge in [0.1, 0.15) is 35.1 Å². The molecule has 1 aliphatic rings. The molecule has 0 radical (unpaired) electrons. The molecule has 0 aliphatic carbocycles. The molecule has 6 nitrogen and oxygen atoms in total. The number of aromatic hydroxyl groups is 2. The highest BCUT2D eigenvalue weighted by Gasteiger charge is 2.33. The maximum atomic E-state index is 12.5. The summed E-state index contributed by atoms with van der Waals surface area (Å²) in [4.78, 5) is 22.9. The summed E-state index contributed by atoms with van der Waals surface area (Å²) < 4.78 is 5.45. The van der Waals surface area contributed by atoms with Gasteiger partial charge in [-0.05, 0) is 22.9 Å². The number of phenolic OH excluding ortho intramolecular Hbond substituents is 2. The molecule has 1 aliphatic heterocycles. The highest BCUT2D eigenvalue weighted by atomic mass is 16.5. The van der Waals surface area contributed by atoms with E-state index < -0.39 is 5.92 Å². The van der Waals surface area contributed by atoms with Crippen LogP contribution in [0.25, 0.3) is 0 Å². The van der Waals surface area contributed by atoms with Crippen molar-refractivity contribution in [2.24, 2.45) is 5.18 Å². The number of rotatable bonds is 2. The third-order valence-electron chi connectivity index (χ3n) is 3.44. The molecular weight excluding hydrogens is 274 g/mol. The number of carbonyl (C=O) groups is 1. The van der Waals surface area contributed by atoms with Crippen LogP contribution in [0.4, 0.5) is 5.69 Å². The first-order valence-electron chi connectivity index (χ1n) is 6.26. The molecule has 0 spiro atoms. The number of ether oxygens (including phenoxy) is 1. The lowest BCUT2D eigenvalue weighted by atomic mass is 9.88. The van der Waals surface area contributed by atoms with E-state index in [1.807, 2.05) is 0 Å². The topological polar surface area (TPSA) is 96.2 Å². The lowest BCUT2D eigenvalue weighted by Gasteiger charge is -2.25. The van der Waals surface area contributed by atoms with Crippen molar-refractivity contribution in [2.75, 3.05) is 6.61 Å². The molecule has 0 amide bonds. The number of ketones is 1. The minimum absolute atomic E-state index is 0.0571. The number of hydrogen-bond donors (Lipinski definition) is 2. The van der Waals surface area contributed by atoms with Crippen molar-refractivity contribution in [3.8, 4) is 17.2 Å². The third kappa shape index (κ3) is 2.20. The number of fused-ring (bicyclic) bond motifs is 1. The molecule has 1 unspecified atom stereocenters. The Morgan fingerprint density at radius 1 is 1.14 bits per heavy atom. The van der Waals surface area contributed by atoms with E-state index in [2.05, 4.69) is 5.18 Å². The molecule has 0 bridgehead atoms. The fraction of sp³-hybridized carbons (Fsp3) is 0.133. The Labute approximate surface area is 119 Å². The number of nitroso groups, excluding NO2 is 1. The van der Waals surface area contributed by atoms with Crippen LogP contribution < -0.4 is 4.74 Å². The Bertz CT molecular complexity index is 724. The first-order valence-corrected chi connectivity index (χ1v) is 6.26. The molecular formula is C15H11NO5. The molecule has 6 heteroatoms. The minimum atomic E-state index is -0.575. The van der Waals surface area contributed by atoms with Crippen molar-refractivity contribution in [3.63, 3.8) is 0 Å². The van der Waals surface area contributed by atoms with Crippen LogP contribution in [0, 0.1) is 4.91 Å². The van der Waals surface area contributed by atoms with Crippen LogP contribution in [-0.4, -0.2) is 22.6 Å². The molecule has 0 aromatic heterocycles. The predicted octanol–water partition coefficient (Wildman–Crippen LogP) is 2.85. The number of hydrogen-bond acceptors (Lipinski definition) is 6. The van der Waals surface area contributed by atoms with E-state index in [0.29, 0.717) is 5.56 Å². The van der Waals surface area contributed by atoms with Crippen LogP contribution in [0.15, 0.2) is 41.6 Å². The lowest BCUT2D eigenvalue weighted by Crippen LogP contribution is -2.26. The summed E-state index contributed by atoms with van der Waals surface area (Å²) in [5, 5.41) is 22.0.